The summed E-state index contributed by atoms with van der Waals surface area (Å²) in [6.45, 7) is 0. The molecule has 0 aliphatic carbocycles. The summed E-state index contributed by atoms with van der Waals surface area (Å²) < 4.78 is 67.5. The third kappa shape index (κ3) is 2.33. The molecule has 0 nitrogen and oxygen atoms in total. The third-order valence-electron chi connectivity index (χ3n) is 0.645. The molecule has 0 N–H and O–H groups in total. The van der Waals surface area contributed by atoms with Crippen LogP contribution >= 0.6 is 8.58 Å². The Labute approximate surface area is 54.4 Å². The van der Waals surface area contributed by atoms with Crippen LogP contribution in [0.15, 0.2) is 0 Å². The van der Waals surface area contributed by atoms with Crippen LogP contribution < -0.4 is 0 Å². The Hall–Kier alpha value is 0.01000. The Morgan fingerprint density at radius 3 is 1.50 bits per heavy atom. The number of alkyl halides is 6. The molecule has 0 rings (SSSR count). The maximum Gasteiger partial charge on any atom is 0.457 e. The lowest BCUT2D eigenvalue weighted by molar-refractivity contribution is -0.239. The van der Waals surface area contributed by atoms with E-state index in [1.165, 1.54) is 0 Å². The van der Waals surface area contributed by atoms with Gasteiger partial charge in [0.05, 0.1) is 0 Å². The molecule has 62 valence electrons. The molecule has 0 saturated carbocycles. The smallest absolute Gasteiger partial charge is 0.246 e. The third-order valence-corrected chi connectivity index (χ3v) is 1.51. The molecule has 1 unspecified atom stereocenters. The molecule has 10 heavy (non-hydrogen) atoms. The number of rotatable bonds is 2. The standard InChI is InChI=1S/C3H3F6P/c4-1-10-3(8,9)2(5,6)7/h10H,1H2. The molecule has 0 amide bonds. The monoisotopic (exact) mass is 184 g/mol. The summed E-state index contributed by atoms with van der Waals surface area (Å²) in [4.78, 5) is 0. The van der Waals surface area contributed by atoms with Crippen LogP contribution in [0.4, 0.5) is 26.3 Å². The summed E-state index contributed by atoms with van der Waals surface area (Å²) >= 11 is 0. The molecule has 7 heteroatoms. The van der Waals surface area contributed by atoms with Gasteiger partial charge in [-0.2, -0.15) is 22.0 Å². The van der Waals surface area contributed by atoms with Crippen molar-refractivity contribution in [3.05, 3.63) is 0 Å². The van der Waals surface area contributed by atoms with Crippen LogP contribution in [0, 0.1) is 0 Å². The van der Waals surface area contributed by atoms with Gasteiger partial charge in [-0.05, 0) is 8.58 Å². The van der Waals surface area contributed by atoms with Crippen molar-refractivity contribution in [1.29, 1.82) is 0 Å². The van der Waals surface area contributed by atoms with E-state index >= 15 is 0 Å². The Bertz CT molecular complexity index is 106. The van der Waals surface area contributed by atoms with Crippen molar-refractivity contribution in [2.45, 2.75) is 11.8 Å². The van der Waals surface area contributed by atoms with Gasteiger partial charge >= 0.3 is 11.8 Å². The van der Waals surface area contributed by atoms with Crippen LogP contribution in [0.2, 0.25) is 0 Å². The molecule has 0 aromatic heterocycles. The summed E-state index contributed by atoms with van der Waals surface area (Å²) in [7, 11) is -2.03. The molecule has 1 atom stereocenters. The zero-order valence-electron chi connectivity index (χ0n) is 4.47. The fraction of sp³-hybridized carbons (Fsp3) is 1.00. The Balaban J connectivity index is 4.10. The largest absolute Gasteiger partial charge is 0.457 e. The van der Waals surface area contributed by atoms with Crippen molar-refractivity contribution >= 4 is 8.58 Å². The zero-order chi connectivity index (χ0) is 8.41. The Morgan fingerprint density at radius 1 is 1.00 bits per heavy atom. The average Bonchev–Trinajstić information content (AvgIpc) is 1.61. The molecule has 0 aromatic carbocycles. The second-order valence-corrected chi connectivity index (χ2v) is 2.63. The molecule has 0 saturated heterocycles. The van der Waals surface area contributed by atoms with E-state index in [0.717, 1.165) is 0 Å². The van der Waals surface area contributed by atoms with Gasteiger partial charge in [0, 0.05) is 0 Å². The lowest BCUT2D eigenvalue weighted by Crippen LogP contribution is -2.31. The maximum absolute atomic E-state index is 11.6. The Morgan fingerprint density at radius 2 is 1.40 bits per heavy atom. The molecule has 0 heterocycles. The fourth-order valence-electron chi connectivity index (χ4n) is 0.184. The van der Waals surface area contributed by atoms with Crippen molar-refractivity contribution in [2.75, 3.05) is 6.42 Å². The molecule has 0 aliphatic rings. The van der Waals surface area contributed by atoms with E-state index in [1.54, 1.807) is 0 Å². The predicted octanol–water partition coefficient (Wildman–Crippen LogP) is 2.75. The van der Waals surface area contributed by atoms with E-state index in [0.29, 0.717) is 0 Å². The normalized spacial score (nSPS) is 15.0. The van der Waals surface area contributed by atoms with Gasteiger partial charge in [0.1, 0.15) is 6.42 Å². The molecule has 0 bridgehead atoms. The van der Waals surface area contributed by atoms with Crippen LogP contribution in [-0.2, 0) is 0 Å². The van der Waals surface area contributed by atoms with Crippen LogP contribution in [0.25, 0.3) is 0 Å². The number of halogens is 6. The maximum atomic E-state index is 11.6. The van der Waals surface area contributed by atoms with Crippen LogP contribution in [0.1, 0.15) is 0 Å². The first-order chi connectivity index (χ1) is 4.31. The molecule has 0 aromatic rings. The molecular weight excluding hydrogens is 181 g/mol. The first kappa shape index (κ1) is 10.0. The van der Waals surface area contributed by atoms with Gasteiger partial charge in [0.25, 0.3) is 0 Å². The van der Waals surface area contributed by atoms with Gasteiger partial charge in [-0.1, -0.05) is 0 Å². The topological polar surface area (TPSA) is 0 Å². The van der Waals surface area contributed by atoms with E-state index in [-0.39, 0.29) is 0 Å². The van der Waals surface area contributed by atoms with Crippen LogP contribution in [-0.4, -0.2) is 18.3 Å². The highest BCUT2D eigenvalue weighted by Gasteiger charge is 2.56. The summed E-state index contributed by atoms with van der Waals surface area (Å²) in [6, 6.07) is 0. The van der Waals surface area contributed by atoms with Gasteiger partial charge in [-0.15, -0.1) is 0 Å². The highest BCUT2D eigenvalue weighted by Crippen LogP contribution is 2.47. The van der Waals surface area contributed by atoms with E-state index < -0.39 is 26.8 Å². The second kappa shape index (κ2) is 2.95. The quantitative estimate of drug-likeness (QED) is 0.457. The minimum atomic E-state index is -5.61. The highest BCUT2D eigenvalue weighted by atomic mass is 31.1. The van der Waals surface area contributed by atoms with Crippen molar-refractivity contribution in [3.8, 4) is 0 Å². The molecule has 0 fully saturated rings. The lowest BCUT2D eigenvalue weighted by Gasteiger charge is -2.17. The predicted molar refractivity (Wildman–Crippen MR) is 25.3 cm³/mol. The summed E-state index contributed by atoms with van der Waals surface area (Å²) in [5.74, 6) is 0. The zero-order valence-corrected chi connectivity index (χ0v) is 5.47. The molecule has 0 aliphatic heterocycles. The van der Waals surface area contributed by atoms with Gasteiger partial charge in [0.2, 0.25) is 0 Å². The highest BCUT2D eigenvalue weighted by molar-refractivity contribution is 7.39. The van der Waals surface area contributed by atoms with Crippen molar-refractivity contribution < 1.29 is 26.3 Å². The first-order valence-electron chi connectivity index (χ1n) is 2.07. The number of hydrogen-bond acceptors (Lipinski definition) is 0. The second-order valence-electron chi connectivity index (χ2n) is 1.38. The van der Waals surface area contributed by atoms with Gasteiger partial charge in [-0.25, -0.2) is 4.39 Å². The van der Waals surface area contributed by atoms with Gasteiger partial charge < -0.3 is 0 Å². The fourth-order valence-corrected chi connectivity index (χ4v) is 0.552. The minimum absolute atomic E-state index is 1.65. The molecule has 0 radical (unpaired) electrons. The van der Waals surface area contributed by atoms with E-state index in [4.69, 9.17) is 0 Å². The van der Waals surface area contributed by atoms with Gasteiger partial charge in [0.15, 0.2) is 0 Å². The van der Waals surface area contributed by atoms with Crippen LogP contribution in [0.5, 0.6) is 0 Å². The Kier molecular flexibility index (Phi) is 2.95. The summed E-state index contributed by atoms with van der Waals surface area (Å²) in [5.41, 5.74) is -4.86. The van der Waals surface area contributed by atoms with Crippen molar-refractivity contribution in [2.24, 2.45) is 0 Å². The SMILES string of the molecule is FCPC(F)(F)C(F)(F)F. The number of hydrogen-bond donors (Lipinski definition) is 0. The summed E-state index contributed by atoms with van der Waals surface area (Å²) in [6.07, 6.45) is -7.26. The lowest BCUT2D eigenvalue weighted by atomic mass is 10.7. The van der Waals surface area contributed by atoms with Gasteiger partial charge in [-0.3, -0.25) is 0 Å². The van der Waals surface area contributed by atoms with Crippen molar-refractivity contribution in [3.63, 3.8) is 0 Å². The average molecular weight is 184 g/mol. The summed E-state index contributed by atoms with van der Waals surface area (Å²) in [5, 5.41) is 0. The molecular formula is C3H3F6P. The first-order valence-corrected chi connectivity index (χ1v) is 3.27. The van der Waals surface area contributed by atoms with E-state index in [9.17, 15) is 26.3 Å². The van der Waals surface area contributed by atoms with E-state index in [2.05, 4.69) is 0 Å². The minimum Gasteiger partial charge on any atom is -0.246 e. The van der Waals surface area contributed by atoms with Crippen molar-refractivity contribution in [1.82, 2.24) is 0 Å². The molecule has 0 spiro atoms. The van der Waals surface area contributed by atoms with Crippen LogP contribution in [0.3, 0.4) is 0 Å². The van der Waals surface area contributed by atoms with E-state index in [1.807, 2.05) is 0 Å².